The molecule has 0 N–H and O–H groups in total. The summed E-state index contributed by atoms with van der Waals surface area (Å²) in [5.41, 5.74) is 3.95. The van der Waals surface area contributed by atoms with E-state index in [1.165, 1.54) is 11.1 Å². The van der Waals surface area contributed by atoms with Crippen LogP contribution in [-0.2, 0) is 10.2 Å². The Morgan fingerprint density at radius 3 is 2.29 bits per heavy atom. The average Bonchev–Trinajstić information content (AvgIpc) is 2.52. The van der Waals surface area contributed by atoms with Crippen molar-refractivity contribution in [3.05, 3.63) is 53.2 Å². The predicted octanol–water partition coefficient (Wildman–Crippen LogP) is 3.79. The molecular formula is C20H24N2O2. The van der Waals surface area contributed by atoms with Gasteiger partial charge in [-0.2, -0.15) is 0 Å². The summed E-state index contributed by atoms with van der Waals surface area (Å²) in [7, 11) is 3.41. The lowest BCUT2D eigenvalue weighted by molar-refractivity contribution is -0.126. The number of carbonyl (C=O) groups is 1. The summed E-state index contributed by atoms with van der Waals surface area (Å²) < 4.78 is 5.09. The number of methoxy groups -OCH3 is 1. The van der Waals surface area contributed by atoms with Gasteiger partial charge in [-0.1, -0.05) is 35.7 Å². The van der Waals surface area contributed by atoms with Crippen LogP contribution in [0.15, 0.2) is 36.5 Å². The van der Waals surface area contributed by atoms with Crippen molar-refractivity contribution in [1.82, 2.24) is 4.98 Å². The number of amides is 1. The molecule has 0 bridgehead atoms. The van der Waals surface area contributed by atoms with E-state index in [0.29, 0.717) is 5.88 Å². The number of ether oxygens (including phenoxy) is 1. The van der Waals surface area contributed by atoms with Gasteiger partial charge in [0.1, 0.15) is 0 Å². The molecule has 3 rings (SSSR count). The van der Waals surface area contributed by atoms with Gasteiger partial charge in [-0.15, -0.1) is 0 Å². The molecule has 1 fully saturated rings. The normalized spacial score (nSPS) is 15.5. The zero-order valence-corrected chi connectivity index (χ0v) is 14.8. The number of aryl methyl sites for hydroxylation is 2. The first kappa shape index (κ1) is 16.5. The van der Waals surface area contributed by atoms with Crippen molar-refractivity contribution >= 4 is 11.6 Å². The van der Waals surface area contributed by atoms with Crippen LogP contribution in [0.25, 0.3) is 0 Å². The minimum absolute atomic E-state index is 0.144. The Balaban J connectivity index is 1.93. The van der Waals surface area contributed by atoms with E-state index in [9.17, 15) is 4.79 Å². The fraction of sp³-hybridized carbons (Fsp3) is 0.400. The summed E-state index contributed by atoms with van der Waals surface area (Å²) in [6, 6.07) is 10.1. The molecule has 0 aliphatic heterocycles. The van der Waals surface area contributed by atoms with Gasteiger partial charge < -0.3 is 9.64 Å². The number of aromatic nitrogens is 1. The molecule has 0 spiro atoms. The summed E-state index contributed by atoms with van der Waals surface area (Å²) in [5.74, 6) is 0.693. The topological polar surface area (TPSA) is 42.4 Å². The minimum Gasteiger partial charge on any atom is -0.481 e. The Labute approximate surface area is 143 Å². The Morgan fingerprint density at radius 2 is 1.83 bits per heavy atom. The molecular weight excluding hydrogens is 300 g/mol. The van der Waals surface area contributed by atoms with Crippen molar-refractivity contribution in [2.75, 3.05) is 19.1 Å². The van der Waals surface area contributed by atoms with Crippen LogP contribution in [0.5, 0.6) is 5.88 Å². The molecule has 1 amide bonds. The van der Waals surface area contributed by atoms with Crippen molar-refractivity contribution in [2.45, 2.75) is 38.5 Å². The molecule has 0 unspecified atom stereocenters. The van der Waals surface area contributed by atoms with Crippen LogP contribution in [0.3, 0.4) is 0 Å². The Morgan fingerprint density at radius 1 is 1.17 bits per heavy atom. The highest BCUT2D eigenvalue weighted by atomic mass is 16.5. The Kier molecular flexibility index (Phi) is 4.31. The van der Waals surface area contributed by atoms with Gasteiger partial charge >= 0.3 is 0 Å². The summed E-state index contributed by atoms with van der Waals surface area (Å²) in [4.78, 5) is 19.2. The highest BCUT2D eigenvalue weighted by molar-refractivity contribution is 6.01. The summed E-state index contributed by atoms with van der Waals surface area (Å²) in [6.07, 6.45) is 4.59. The second-order valence-corrected chi connectivity index (χ2v) is 6.73. The van der Waals surface area contributed by atoms with Crippen LogP contribution < -0.4 is 9.64 Å². The minimum atomic E-state index is -0.397. The lowest BCUT2D eigenvalue weighted by Gasteiger charge is -2.43. The number of pyridine rings is 1. The molecule has 0 saturated heterocycles. The summed E-state index contributed by atoms with van der Waals surface area (Å²) >= 11 is 0. The molecule has 1 aromatic carbocycles. The van der Waals surface area contributed by atoms with E-state index < -0.39 is 5.41 Å². The predicted molar refractivity (Wildman–Crippen MR) is 95.6 cm³/mol. The average molecular weight is 324 g/mol. The van der Waals surface area contributed by atoms with Gasteiger partial charge in [0, 0.05) is 13.1 Å². The van der Waals surface area contributed by atoms with E-state index in [-0.39, 0.29) is 5.91 Å². The van der Waals surface area contributed by atoms with Crippen molar-refractivity contribution in [3.8, 4) is 5.88 Å². The Bertz CT molecular complexity index is 728. The zero-order chi connectivity index (χ0) is 17.3. The number of rotatable bonds is 4. The van der Waals surface area contributed by atoms with Gasteiger partial charge in [-0.05, 0) is 38.3 Å². The van der Waals surface area contributed by atoms with Gasteiger partial charge in [0.05, 0.1) is 24.4 Å². The second kappa shape index (κ2) is 6.27. The van der Waals surface area contributed by atoms with E-state index in [4.69, 9.17) is 4.74 Å². The third-order valence-electron chi connectivity index (χ3n) is 5.01. The number of hydrogen-bond acceptors (Lipinski definition) is 3. The second-order valence-electron chi connectivity index (χ2n) is 6.73. The summed E-state index contributed by atoms with van der Waals surface area (Å²) in [6.45, 7) is 4.18. The zero-order valence-electron chi connectivity index (χ0n) is 14.8. The van der Waals surface area contributed by atoms with E-state index in [1.807, 2.05) is 13.1 Å². The highest BCUT2D eigenvalue weighted by Gasteiger charge is 2.47. The quantitative estimate of drug-likeness (QED) is 0.859. The van der Waals surface area contributed by atoms with Crippen molar-refractivity contribution in [1.29, 1.82) is 0 Å². The van der Waals surface area contributed by atoms with Gasteiger partial charge in [-0.25, -0.2) is 4.98 Å². The lowest BCUT2D eigenvalue weighted by Crippen LogP contribution is -2.50. The van der Waals surface area contributed by atoms with Crippen LogP contribution in [0.1, 0.15) is 36.0 Å². The molecule has 1 aliphatic carbocycles. The molecule has 1 heterocycles. The maximum atomic E-state index is 13.3. The van der Waals surface area contributed by atoms with E-state index in [0.717, 1.165) is 30.5 Å². The fourth-order valence-electron chi connectivity index (χ4n) is 3.54. The maximum Gasteiger partial charge on any atom is 0.237 e. The number of anilines is 1. The largest absolute Gasteiger partial charge is 0.481 e. The van der Waals surface area contributed by atoms with Crippen LogP contribution in [0.4, 0.5) is 5.69 Å². The number of hydrogen-bond donors (Lipinski definition) is 0. The Hall–Kier alpha value is -2.36. The molecule has 0 radical (unpaired) electrons. The number of nitrogens with zero attached hydrogens (tertiary/aromatic N) is 2. The first-order valence-electron chi connectivity index (χ1n) is 8.33. The monoisotopic (exact) mass is 324 g/mol. The molecule has 24 heavy (non-hydrogen) atoms. The smallest absolute Gasteiger partial charge is 0.237 e. The molecule has 1 saturated carbocycles. The molecule has 126 valence electrons. The van der Waals surface area contributed by atoms with Crippen LogP contribution in [-0.4, -0.2) is 25.0 Å². The van der Waals surface area contributed by atoms with Gasteiger partial charge in [-0.3, -0.25) is 4.79 Å². The molecule has 2 aromatic rings. The van der Waals surface area contributed by atoms with Crippen LogP contribution >= 0.6 is 0 Å². The fourth-order valence-corrected chi connectivity index (χ4v) is 3.54. The van der Waals surface area contributed by atoms with Crippen LogP contribution in [0, 0.1) is 13.8 Å². The standard InChI is InChI=1S/C20H24N2O2/c1-14-10-15(2)12-16(11-14)20(8-5-9-20)19(23)22(3)17-6-7-18(24-4)21-13-17/h6-7,10-13H,5,8-9H2,1-4H3. The number of benzene rings is 1. The van der Waals surface area contributed by atoms with Gasteiger partial charge in [0.2, 0.25) is 11.8 Å². The van der Waals surface area contributed by atoms with Crippen molar-refractivity contribution in [2.24, 2.45) is 0 Å². The maximum absolute atomic E-state index is 13.3. The molecule has 1 aromatic heterocycles. The molecule has 1 aliphatic rings. The molecule has 4 nitrogen and oxygen atoms in total. The first-order chi connectivity index (χ1) is 11.5. The molecule has 0 atom stereocenters. The number of carbonyl (C=O) groups excluding carboxylic acids is 1. The van der Waals surface area contributed by atoms with E-state index in [2.05, 4.69) is 37.0 Å². The number of likely N-dealkylation sites (N-methyl/N-ethyl adjacent to an activating group) is 1. The van der Waals surface area contributed by atoms with Crippen molar-refractivity contribution in [3.63, 3.8) is 0 Å². The van der Waals surface area contributed by atoms with E-state index >= 15 is 0 Å². The van der Waals surface area contributed by atoms with E-state index in [1.54, 1.807) is 24.3 Å². The SMILES string of the molecule is COc1ccc(N(C)C(=O)C2(c3cc(C)cc(C)c3)CCC2)cn1. The highest BCUT2D eigenvalue weighted by Crippen LogP contribution is 2.46. The first-order valence-corrected chi connectivity index (χ1v) is 8.33. The van der Waals surface area contributed by atoms with Crippen LogP contribution in [0.2, 0.25) is 0 Å². The summed E-state index contributed by atoms with van der Waals surface area (Å²) in [5, 5.41) is 0. The van der Waals surface area contributed by atoms with Gasteiger partial charge in [0.25, 0.3) is 0 Å². The molecule has 4 heteroatoms. The van der Waals surface area contributed by atoms with Gasteiger partial charge in [0.15, 0.2) is 0 Å². The van der Waals surface area contributed by atoms with Crippen molar-refractivity contribution < 1.29 is 9.53 Å². The third-order valence-corrected chi connectivity index (χ3v) is 5.01. The lowest BCUT2D eigenvalue weighted by atomic mass is 9.63. The third kappa shape index (κ3) is 2.77.